The fourth-order valence-corrected chi connectivity index (χ4v) is 5.76. The largest absolute Gasteiger partial charge is 2.00 e. The van der Waals surface area contributed by atoms with Crippen molar-refractivity contribution >= 4 is 35.2 Å². The number of sulfonamides is 1. The SMILES string of the molecule is [C-]#[N+]c1c(Cc2ccccc2S(=O)(=O)N2CCCC2)c(C)n(CC(=O)OCC)c1C.[S-2]. The molecule has 1 fully saturated rings. The number of carbonyl (C=O) groups excluding carboxylic acids is 1. The molecule has 1 aliphatic rings. The first-order valence-corrected chi connectivity index (χ1v) is 11.5. The molecular weight excluding hydrogens is 434 g/mol. The Morgan fingerprint density at radius 2 is 1.81 bits per heavy atom. The summed E-state index contributed by atoms with van der Waals surface area (Å²) in [5.74, 6) is -0.362. The van der Waals surface area contributed by atoms with E-state index in [1.54, 1.807) is 36.6 Å². The number of carbonyl (C=O) groups is 1. The molecule has 0 radical (unpaired) electrons. The molecule has 1 aliphatic heterocycles. The summed E-state index contributed by atoms with van der Waals surface area (Å²) in [6.07, 6.45) is 2.06. The van der Waals surface area contributed by atoms with E-state index in [1.165, 1.54) is 4.31 Å². The third-order valence-electron chi connectivity index (χ3n) is 5.60. The maximum Gasteiger partial charge on any atom is 0.325 e. The second kappa shape index (κ2) is 10.4. The Bertz CT molecular complexity index is 1090. The quantitative estimate of drug-likeness (QED) is 0.467. The third-order valence-corrected chi connectivity index (χ3v) is 7.60. The molecule has 168 valence electrons. The fraction of sp³-hybridized carbons (Fsp3) is 0.455. The van der Waals surface area contributed by atoms with E-state index >= 15 is 0 Å². The Morgan fingerprint density at radius 3 is 2.42 bits per heavy atom. The molecule has 2 aromatic rings. The van der Waals surface area contributed by atoms with Crippen LogP contribution in [-0.2, 0) is 46.0 Å². The first kappa shape index (κ1) is 25.0. The molecule has 0 aliphatic carbocycles. The number of aromatic nitrogens is 1. The van der Waals surface area contributed by atoms with Crippen LogP contribution in [0.4, 0.5) is 5.69 Å². The van der Waals surface area contributed by atoms with Crippen molar-refractivity contribution in [2.24, 2.45) is 0 Å². The van der Waals surface area contributed by atoms with Crippen LogP contribution in [-0.4, -0.2) is 43.0 Å². The molecule has 0 spiro atoms. The van der Waals surface area contributed by atoms with Crippen LogP contribution in [0.2, 0.25) is 0 Å². The van der Waals surface area contributed by atoms with Crippen molar-refractivity contribution in [3.8, 4) is 0 Å². The van der Waals surface area contributed by atoms with Crippen molar-refractivity contribution in [2.45, 2.75) is 51.5 Å². The van der Waals surface area contributed by atoms with Gasteiger partial charge in [0, 0.05) is 24.5 Å². The molecule has 1 aromatic carbocycles. The number of benzene rings is 1. The molecule has 0 N–H and O–H groups in total. The summed E-state index contributed by atoms with van der Waals surface area (Å²) in [7, 11) is -3.58. The number of esters is 1. The van der Waals surface area contributed by atoms with Crippen molar-refractivity contribution < 1.29 is 17.9 Å². The van der Waals surface area contributed by atoms with Gasteiger partial charge in [0.1, 0.15) is 6.54 Å². The Labute approximate surface area is 191 Å². The van der Waals surface area contributed by atoms with Gasteiger partial charge in [0.2, 0.25) is 15.7 Å². The van der Waals surface area contributed by atoms with Gasteiger partial charge in [0.05, 0.1) is 18.1 Å². The average Bonchev–Trinajstić information content (AvgIpc) is 3.33. The summed E-state index contributed by atoms with van der Waals surface area (Å²) >= 11 is 0. The maximum atomic E-state index is 13.2. The van der Waals surface area contributed by atoms with Gasteiger partial charge in [-0.3, -0.25) is 4.79 Å². The number of ether oxygens (including phenoxy) is 1. The third kappa shape index (κ3) is 4.97. The van der Waals surface area contributed by atoms with Crippen LogP contribution in [0.3, 0.4) is 0 Å². The molecule has 0 atom stereocenters. The Hall–Kier alpha value is -2.28. The fourth-order valence-electron chi connectivity index (χ4n) is 4.02. The van der Waals surface area contributed by atoms with E-state index in [2.05, 4.69) is 4.85 Å². The molecule has 3 rings (SSSR count). The van der Waals surface area contributed by atoms with Gasteiger partial charge in [-0.2, -0.15) is 4.31 Å². The predicted octanol–water partition coefficient (Wildman–Crippen LogP) is 3.59. The molecular formula is C22H27N3O4S2-2. The molecule has 1 aromatic heterocycles. The molecule has 0 amide bonds. The predicted molar refractivity (Wildman–Crippen MR) is 121 cm³/mol. The van der Waals surface area contributed by atoms with Crippen LogP contribution < -0.4 is 0 Å². The van der Waals surface area contributed by atoms with E-state index in [4.69, 9.17) is 11.3 Å². The van der Waals surface area contributed by atoms with Crippen molar-refractivity contribution in [1.29, 1.82) is 0 Å². The molecule has 9 heteroatoms. The number of nitrogens with zero attached hydrogens (tertiary/aromatic N) is 3. The zero-order valence-corrected chi connectivity index (χ0v) is 19.7. The lowest BCUT2D eigenvalue weighted by Gasteiger charge is -2.18. The topological polar surface area (TPSA) is 73.0 Å². The van der Waals surface area contributed by atoms with Crippen LogP contribution in [0.1, 0.15) is 42.3 Å². The lowest BCUT2D eigenvalue weighted by atomic mass is 10.0. The van der Waals surface area contributed by atoms with Crippen molar-refractivity contribution in [3.63, 3.8) is 0 Å². The van der Waals surface area contributed by atoms with Gasteiger partial charge in [-0.1, -0.05) is 18.2 Å². The zero-order chi connectivity index (χ0) is 21.9. The van der Waals surface area contributed by atoms with Crippen molar-refractivity contribution in [2.75, 3.05) is 19.7 Å². The van der Waals surface area contributed by atoms with E-state index in [0.717, 1.165) is 24.1 Å². The summed E-state index contributed by atoms with van der Waals surface area (Å²) in [5.41, 5.74) is 3.33. The molecule has 7 nitrogen and oxygen atoms in total. The smallest absolute Gasteiger partial charge is 0.325 e. The number of rotatable bonds is 7. The second-order valence-corrected chi connectivity index (χ2v) is 9.30. The molecule has 31 heavy (non-hydrogen) atoms. The van der Waals surface area contributed by atoms with Gasteiger partial charge in [-0.15, -0.1) is 0 Å². The highest BCUT2D eigenvalue weighted by Gasteiger charge is 2.30. The van der Waals surface area contributed by atoms with Gasteiger partial charge in [0.25, 0.3) is 0 Å². The lowest BCUT2D eigenvalue weighted by molar-refractivity contribution is -0.143. The summed E-state index contributed by atoms with van der Waals surface area (Å²) < 4.78 is 34.7. The molecule has 0 saturated carbocycles. The minimum Gasteiger partial charge on any atom is -2.00 e. The lowest BCUT2D eigenvalue weighted by Crippen LogP contribution is -2.28. The van der Waals surface area contributed by atoms with E-state index in [1.807, 2.05) is 13.0 Å². The highest BCUT2D eigenvalue weighted by atomic mass is 32.2. The normalized spacial score (nSPS) is 14.1. The minimum absolute atomic E-state index is 0. The highest BCUT2D eigenvalue weighted by molar-refractivity contribution is 7.89. The van der Waals surface area contributed by atoms with E-state index in [0.29, 0.717) is 43.1 Å². The molecule has 2 heterocycles. The van der Waals surface area contributed by atoms with Gasteiger partial charge in [0.15, 0.2) is 0 Å². The summed E-state index contributed by atoms with van der Waals surface area (Å²) in [5, 5.41) is 0. The second-order valence-electron chi connectivity index (χ2n) is 7.40. The highest BCUT2D eigenvalue weighted by Crippen LogP contribution is 2.34. The summed E-state index contributed by atoms with van der Waals surface area (Å²) in [6.45, 7) is 14.5. The van der Waals surface area contributed by atoms with Crippen LogP contribution in [0.5, 0.6) is 0 Å². The number of hydrogen-bond donors (Lipinski definition) is 0. The minimum atomic E-state index is -3.58. The zero-order valence-electron chi connectivity index (χ0n) is 18.1. The standard InChI is InChI=1S/C22H27N3O4S.S/c1-5-29-21(26)15-25-16(2)19(22(23-4)17(25)3)14-18-10-6-7-11-20(18)30(27,28)24-12-8-9-13-24;/h6-7,10-11H,5,8-9,12-15H2,1-3H3;/q;-2. The van der Waals surface area contributed by atoms with Gasteiger partial charge in [-0.25, -0.2) is 13.3 Å². The van der Waals surface area contributed by atoms with E-state index in [9.17, 15) is 13.2 Å². The Kier molecular flexibility index (Phi) is 8.34. The van der Waals surface area contributed by atoms with Crippen LogP contribution in [0, 0.1) is 20.4 Å². The Balaban J connectivity index is 0.00000341. The molecule has 1 saturated heterocycles. The van der Waals surface area contributed by atoms with Gasteiger partial charge < -0.3 is 22.8 Å². The van der Waals surface area contributed by atoms with Crippen molar-refractivity contribution in [1.82, 2.24) is 8.87 Å². The number of hydrogen-bond acceptors (Lipinski definition) is 4. The van der Waals surface area contributed by atoms with Crippen LogP contribution in [0.25, 0.3) is 4.85 Å². The summed E-state index contributed by atoms with van der Waals surface area (Å²) in [4.78, 5) is 16.0. The monoisotopic (exact) mass is 461 g/mol. The van der Waals surface area contributed by atoms with E-state index in [-0.39, 0.29) is 30.9 Å². The van der Waals surface area contributed by atoms with E-state index < -0.39 is 10.0 Å². The average molecular weight is 462 g/mol. The van der Waals surface area contributed by atoms with Crippen molar-refractivity contribution in [3.05, 3.63) is 58.2 Å². The Morgan fingerprint density at radius 1 is 1.16 bits per heavy atom. The first-order chi connectivity index (χ1) is 14.3. The maximum absolute atomic E-state index is 13.2. The molecule has 0 bridgehead atoms. The van der Waals surface area contributed by atoms with Crippen LogP contribution in [0.15, 0.2) is 29.2 Å². The van der Waals surface area contributed by atoms with Crippen LogP contribution >= 0.6 is 0 Å². The van der Waals surface area contributed by atoms with Gasteiger partial charge >= 0.3 is 5.97 Å². The first-order valence-electron chi connectivity index (χ1n) is 10.1. The summed E-state index contributed by atoms with van der Waals surface area (Å²) in [6, 6.07) is 6.98. The van der Waals surface area contributed by atoms with Gasteiger partial charge in [-0.05, 0) is 57.2 Å². The molecule has 0 unspecified atom stereocenters.